The Bertz CT molecular complexity index is 1380. The second-order valence-corrected chi connectivity index (χ2v) is 9.73. The van der Waals surface area contributed by atoms with Crippen LogP contribution in [-0.4, -0.2) is 28.2 Å². The average Bonchev–Trinajstić information content (AvgIpc) is 3.58. The molecule has 1 amide bonds. The largest absolute Gasteiger partial charge is 0.467 e. The van der Waals surface area contributed by atoms with E-state index in [2.05, 4.69) is 5.32 Å². The van der Waals surface area contributed by atoms with Gasteiger partial charge in [-0.05, 0) is 60.9 Å². The molecule has 1 fully saturated rings. The van der Waals surface area contributed by atoms with Crippen molar-refractivity contribution < 1.29 is 13.9 Å². The van der Waals surface area contributed by atoms with Crippen molar-refractivity contribution in [2.45, 2.75) is 42.9 Å². The van der Waals surface area contributed by atoms with E-state index in [4.69, 9.17) is 25.7 Å². The molecule has 0 aliphatic carbocycles. The van der Waals surface area contributed by atoms with Gasteiger partial charge in [-0.25, -0.2) is 4.98 Å². The third-order valence-electron chi connectivity index (χ3n) is 5.88. The van der Waals surface area contributed by atoms with E-state index in [1.54, 1.807) is 41.2 Å². The highest BCUT2D eigenvalue weighted by molar-refractivity contribution is 7.98. The molecule has 1 saturated heterocycles. The van der Waals surface area contributed by atoms with E-state index in [1.807, 2.05) is 24.3 Å². The first kappa shape index (κ1) is 23.7. The molecule has 0 bridgehead atoms. The molecule has 3 heterocycles. The Morgan fingerprint density at radius 3 is 2.80 bits per heavy atom. The number of carbonyl (C=O) groups is 1. The van der Waals surface area contributed by atoms with Crippen LogP contribution in [0.15, 0.2) is 75.2 Å². The predicted octanol–water partition coefficient (Wildman–Crippen LogP) is 5.04. The van der Waals surface area contributed by atoms with Crippen molar-refractivity contribution in [2.75, 3.05) is 6.61 Å². The van der Waals surface area contributed by atoms with Crippen LogP contribution in [-0.2, 0) is 23.6 Å². The van der Waals surface area contributed by atoms with Crippen molar-refractivity contribution in [3.05, 3.63) is 93.1 Å². The summed E-state index contributed by atoms with van der Waals surface area (Å²) in [6, 6.07) is 16.2. The number of aromatic nitrogens is 2. The van der Waals surface area contributed by atoms with Gasteiger partial charge < -0.3 is 14.5 Å². The minimum Gasteiger partial charge on any atom is -0.467 e. The summed E-state index contributed by atoms with van der Waals surface area (Å²) in [5.74, 6) is 1.03. The van der Waals surface area contributed by atoms with Crippen LogP contribution in [0.3, 0.4) is 0 Å². The van der Waals surface area contributed by atoms with Crippen molar-refractivity contribution in [1.82, 2.24) is 14.9 Å². The molecule has 2 aromatic carbocycles. The van der Waals surface area contributed by atoms with Crippen LogP contribution in [0.2, 0.25) is 5.02 Å². The van der Waals surface area contributed by atoms with Crippen molar-refractivity contribution in [3.63, 3.8) is 0 Å². The normalized spacial score (nSPS) is 15.5. The van der Waals surface area contributed by atoms with E-state index in [9.17, 15) is 9.59 Å². The van der Waals surface area contributed by atoms with E-state index < -0.39 is 0 Å². The fourth-order valence-corrected chi connectivity index (χ4v) is 5.11. The molecular weight excluding hydrogens is 486 g/mol. The molecule has 0 unspecified atom stereocenters. The maximum absolute atomic E-state index is 13.5. The number of ether oxygens (including phenoxy) is 1. The zero-order valence-electron chi connectivity index (χ0n) is 18.9. The first-order valence-corrected chi connectivity index (χ1v) is 12.8. The summed E-state index contributed by atoms with van der Waals surface area (Å²) in [6.45, 7) is 1.45. The Labute approximate surface area is 211 Å². The van der Waals surface area contributed by atoms with Gasteiger partial charge in [-0.2, -0.15) is 0 Å². The first-order valence-electron chi connectivity index (χ1n) is 11.4. The zero-order valence-corrected chi connectivity index (χ0v) is 20.5. The third kappa shape index (κ3) is 5.61. The van der Waals surface area contributed by atoms with E-state index in [0.29, 0.717) is 51.3 Å². The second kappa shape index (κ2) is 10.7. The van der Waals surface area contributed by atoms with Crippen LogP contribution < -0.4 is 10.9 Å². The molecule has 9 heteroatoms. The standard InChI is InChI=1S/C26H24ClN3O4S/c27-19-8-5-17(6-9-19)16-35-26-29-23-13-18(24(31)28-14-20-3-1-11-33-20)7-10-22(23)25(32)30(26)15-21-4-2-12-34-21/h1,3,5-11,13,21H,2,4,12,14-16H2,(H,28,31)/t21-/m1/s1. The molecule has 1 N–H and O–H groups in total. The number of rotatable bonds is 8. The molecule has 180 valence electrons. The van der Waals surface area contributed by atoms with Crippen LogP contribution in [0.4, 0.5) is 0 Å². The Morgan fingerprint density at radius 1 is 1.20 bits per heavy atom. The molecule has 35 heavy (non-hydrogen) atoms. The number of carbonyl (C=O) groups excluding carboxylic acids is 1. The number of amides is 1. The van der Waals surface area contributed by atoms with E-state index in [1.165, 1.54) is 11.8 Å². The SMILES string of the molecule is O=C(NCc1ccco1)c1ccc2c(=O)n(C[C@H]3CCCO3)c(SCc3ccc(Cl)cc3)nc2c1. The second-order valence-electron chi connectivity index (χ2n) is 8.35. The van der Waals surface area contributed by atoms with Gasteiger partial charge in [0.1, 0.15) is 5.76 Å². The molecule has 1 atom stereocenters. The highest BCUT2D eigenvalue weighted by Gasteiger charge is 2.21. The summed E-state index contributed by atoms with van der Waals surface area (Å²) in [4.78, 5) is 31.0. The fourth-order valence-electron chi connectivity index (χ4n) is 4.02. The number of nitrogens with one attached hydrogen (secondary N) is 1. The molecule has 0 spiro atoms. The highest BCUT2D eigenvalue weighted by atomic mass is 35.5. The molecule has 0 radical (unpaired) electrons. The third-order valence-corrected chi connectivity index (χ3v) is 7.18. The van der Waals surface area contributed by atoms with Gasteiger partial charge in [-0.1, -0.05) is 35.5 Å². The lowest BCUT2D eigenvalue weighted by molar-refractivity contribution is 0.0937. The van der Waals surface area contributed by atoms with Crippen molar-refractivity contribution >= 4 is 40.2 Å². The summed E-state index contributed by atoms with van der Waals surface area (Å²) in [7, 11) is 0. The zero-order chi connectivity index (χ0) is 24.2. The summed E-state index contributed by atoms with van der Waals surface area (Å²) in [5.41, 5.74) is 1.86. The number of nitrogens with zero attached hydrogens (tertiary/aromatic N) is 2. The van der Waals surface area contributed by atoms with Crippen molar-refractivity contribution in [1.29, 1.82) is 0 Å². The number of halogens is 1. The van der Waals surface area contributed by atoms with Crippen LogP contribution in [0.25, 0.3) is 10.9 Å². The molecule has 1 aliphatic rings. The van der Waals surface area contributed by atoms with Crippen LogP contribution in [0.1, 0.15) is 34.5 Å². The summed E-state index contributed by atoms with van der Waals surface area (Å²) in [5, 5.41) is 4.58. The van der Waals surface area contributed by atoms with Crippen molar-refractivity contribution in [3.8, 4) is 0 Å². The van der Waals surface area contributed by atoms with Gasteiger partial charge in [0.25, 0.3) is 11.5 Å². The Morgan fingerprint density at radius 2 is 2.06 bits per heavy atom. The number of hydrogen-bond donors (Lipinski definition) is 1. The van der Waals surface area contributed by atoms with E-state index in [-0.39, 0.29) is 24.1 Å². The number of benzene rings is 2. The molecule has 7 nitrogen and oxygen atoms in total. The molecule has 0 saturated carbocycles. The topological polar surface area (TPSA) is 86.4 Å². The summed E-state index contributed by atoms with van der Waals surface area (Å²) in [6.07, 6.45) is 3.46. The maximum Gasteiger partial charge on any atom is 0.262 e. The fraction of sp³-hybridized carbons (Fsp3) is 0.269. The number of thioether (sulfide) groups is 1. The van der Waals surface area contributed by atoms with Gasteiger partial charge in [0.2, 0.25) is 0 Å². The number of fused-ring (bicyclic) bond motifs is 1. The lowest BCUT2D eigenvalue weighted by Crippen LogP contribution is -2.29. The molecular formula is C26H24ClN3O4S. The van der Waals surface area contributed by atoms with Gasteiger partial charge in [-0.15, -0.1) is 0 Å². The van der Waals surface area contributed by atoms with Crippen molar-refractivity contribution in [2.24, 2.45) is 0 Å². The van der Waals surface area contributed by atoms with Gasteiger partial charge in [-0.3, -0.25) is 14.2 Å². The van der Waals surface area contributed by atoms with Gasteiger partial charge in [0, 0.05) is 22.9 Å². The lowest BCUT2D eigenvalue weighted by atomic mass is 10.1. The Kier molecular flexibility index (Phi) is 7.22. The number of hydrogen-bond acceptors (Lipinski definition) is 6. The smallest absolute Gasteiger partial charge is 0.262 e. The van der Waals surface area contributed by atoms with Gasteiger partial charge >= 0.3 is 0 Å². The lowest BCUT2D eigenvalue weighted by Gasteiger charge is -2.17. The first-order chi connectivity index (χ1) is 17.1. The maximum atomic E-state index is 13.5. The van der Waals surface area contributed by atoms with Crippen LogP contribution >= 0.6 is 23.4 Å². The van der Waals surface area contributed by atoms with Crippen LogP contribution in [0, 0.1) is 0 Å². The Balaban J connectivity index is 1.44. The minimum absolute atomic E-state index is 0.00603. The summed E-state index contributed by atoms with van der Waals surface area (Å²) >= 11 is 7.49. The quantitative estimate of drug-likeness (QED) is 0.264. The molecule has 5 rings (SSSR count). The molecule has 2 aromatic heterocycles. The molecule has 4 aromatic rings. The van der Waals surface area contributed by atoms with Gasteiger partial charge in [0.05, 0.1) is 36.4 Å². The number of furan rings is 1. The predicted molar refractivity (Wildman–Crippen MR) is 136 cm³/mol. The monoisotopic (exact) mass is 509 g/mol. The van der Waals surface area contributed by atoms with Crippen LogP contribution in [0.5, 0.6) is 0 Å². The summed E-state index contributed by atoms with van der Waals surface area (Å²) < 4.78 is 12.8. The average molecular weight is 510 g/mol. The molecule has 1 aliphatic heterocycles. The minimum atomic E-state index is -0.260. The highest BCUT2D eigenvalue weighted by Crippen LogP contribution is 2.25. The van der Waals surface area contributed by atoms with E-state index >= 15 is 0 Å². The van der Waals surface area contributed by atoms with Gasteiger partial charge in [0.15, 0.2) is 5.16 Å². The Hall–Kier alpha value is -3.07. The van der Waals surface area contributed by atoms with E-state index in [0.717, 1.165) is 18.4 Å².